The molecule has 0 aliphatic carbocycles. The van der Waals surface area contributed by atoms with E-state index < -0.39 is 0 Å². The summed E-state index contributed by atoms with van der Waals surface area (Å²) in [5.74, 6) is 2.85. The number of rotatable bonds is 2. The summed E-state index contributed by atoms with van der Waals surface area (Å²) in [5, 5.41) is 4.61. The first-order chi connectivity index (χ1) is 8.20. The molecule has 1 aromatic heterocycles. The van der Waals surface area contributed by atoms with Crippen molar-refractivity contribution in [2.45, 2.75) is 38.3 Å². The van der Waals surface area contributed by atoms with E-state index in [-0.39, 0.29) is 6.04 Å². The van der Waals surface area contributed by atoms with Crippen molar-refractivity contribution < 1.29 is 0 Å². The lowest BCUT2D eigenvalue weighted by Gasteiger charge is -2.17. The fraction of sp³-hybridized carbons (Fsp3) is 0.833. The second-order valence-corrected chi connectivity index (χ2v) is 5.54. The van der Waals surface area contributed by atoms with Gasteiger partial charge in [-0.3, -0.25) is 0 Å². The highest BCUT2D eigenvalue weighted by Gasteiger charge is 2.24. The lowest BCUT2D eigenvalue weighted by Crippen LogP contribution is -2.31. The molecule has 1 saturated heterocycles. The van der Waals surface area contributed by atoms with Crippen LogP contribution in [0.2, 0.25) is 0 Å². The Morgan fingerprint density at radius 1 is 1.35 bits per heavy atom. The largest absolute Gasteiger partial charge is 0.327 e. The Kier molecular flexibility index (Phi) is 2.88. The highest BCUT2D eigenvalue weighted by molar-refractivity contribution is 5.00. The molecule has 5 heteroatoms. The summed E-state index contributed by atoms with van der Waals surface area (Å²) < 4.78 is 2.05. The third-order valence-electron chi connectivity index (χ3n) is 3.91. The van der Waals surface area contributed by atoms with Crippen LogP contribution < -0.4 is 5.73 Å². The highest BCUT2D eigenvalue weighted by Crippen LogP contribution is 2.19. The van der Waals surface area contributed by atoms with E-state index in [9.17, 15) is 0 Å². The minimum Gasteiger partial charge on any atom is -0.327 e. The van der Waals surface area contributed by atoms with Gasteiger partial charge in [0.25, 0.3) is 0 Å². The number of aromatic nitrogens is 3. The first kappa shape index (κ1) is 11.2. The van der Waals surface area contributed by atoms with Crippen molar-refractivity contribution in [1.29, 1.82) is 0 Å². The first-order valence-corrected chi connectivity index (χ1v) is 6.57. The number of likely N-dealkylation sites (tertiary alicyclic amines) is 1. The third kappa shape index (κ3) is 2.35. The molecule has 0 saturated carbocycles. The van der Waals surface area contributed by atoms with Crippen molar-refractivity contribution in [2.75, 3.05) is 20.1 Å². The zero-order valence-corrected chi connectivity index (χ0v) is 10.5. The van der Waals surface area contributed by atoms with Crippen LogP contribution in [0.5, 0.6) is 0 Å². The van der Waals surface area contributed by atoms with Crippen molar-refractivity contribution in [2.24, 2.45) is 11.7 Å². The molecule has 3 rings (SSSR count). The van der Waals surface area contributed by atoms with Gasteiger partial charge in [0.1, 0.15) is 5.82 Å². The Bertz CT molecular complexity index is 400. The Hall–Kier alpha value is -0.940. The lowest BCUT2D eigenvalue weighted by molar-refractivity contribution is 0.392. The van der Waals surface area contributed by atoms with Gasteiger partial charge < -0.3 is 10.6 Å². The van der Waals surface area contributed by atoms with E-state index in [1.165, 1.54) is 19.5 Å². The summed E-state index contributed by atoms with van der Waals surface area (Å²) in [6.45, 7) is 3.33. The van der Waals surface area contributed by atoms with Crippen molar-refractivity contribution in [3.63, 3.8) is 0 Å². The van der Waals surface area contributed by atoms with Gasteiger partial charge in [-0.05, 0) is 32.4 Å². The van der Waals surface area contributed by atoms with Gasteiger partial charge in [0.2, 0.25) is 0 Å². The van der Waals surface area contributed by atoms with E-state index in [4.69, 9.17) is 5.73 Å². The van der Waals surface area contributed by atoms with Crippen LogP contribution in [0.1, 0.15) is 24.5 Å². The molecule has 0 amide bonds. The minimum atomic E-state index is 0.275. The van der Waals surface area contributed by atoms with E-state index in [0.717, 1.165) is 43.4 Å². The Morgan fingerprint density at radius 2 is 2.24 bits per heavy atom. The molecule has 5 nitrogen and oxygen atoms in total. The molecule has 2 N–H and O–H groups in total. The predicted octanol–water partition coefficient (Wildman–Crippen LogP) is 0.0458. The second-order valence-electron chi connectivity index (χ2n) is 5.54. The van der Waals surface area contributed by atoms with Gasteiger partial charge >= 0.3 is 0 Å². The van der Waals surface area contributed by atoms with Gasteiger partial charge in [-0.15, -0.1) is 0 Å². The van der Waals surface area contributed by atoms with Crippen LogP contribution in [0.4, 0.5) is 0 Å². The van der Waals surface area contributed by atoms with E-state index >= 15 is 0 Å². The van der Waals surface area contributed by atoms with Crippen LogP contribution in [0.15, 0.2) is 0 Å². The molecule has 2 unspecified atom stereocenters. The SMILES string of the molecule is CN1CCC(Cc2nc3n(n2)CCC(N)C3)C1. The molecule has 94 valence electrons. The number of hydrogen-bond donors (Lipinski definition) is 1. The summed E-state index contributed by atoms with van der Waals surface area (Å²) in [4.78, 5) is 7.03. The van der Waals surface area contributed by atoms with E-state index in [2.05, 4.69) is 26.7 Å². The van der Waals surface area contributed by atoms with Gasteiger partial charge in [0.15, 0.2) is 5.82 Å². The quantitative estimate of drug-likeness (QED) is 0.786. The van der Waals surface area contributed by atoms with Crippen molar-refractivity contribution in [3.05, 3.63) is 11.6 Å². The summed E-state index contributed by atoms with van der Waals surface area (Å²) in [7, 11) is 2.19. The van der Waals surface area contributed by atoms with Crippen molar-refractivity contribution in [3.8, 4) is 0 Å². The molecule has 2 aliphatic heterocycles. The lowest BCUT2D eigenvalue weighted by atomic mass is 10.1. The van der Waals surface area contributed by atoms with Gasteiger partial charge in [-0.2, -0.15) is 5.10 Å². The van der Waals surface area contributed by atoms with Gasteiger partial charge in [0.05, 0.1) is 0 Å². The standard InChI is InChI=1S/C12H21N5/c1-16-4-2-9(8-16)6-11-14-12-7-10(13)3-5-17(12)15-11/h9-10H,2-8,13H2,1H3. The van der Waals surface area contributed by atoms with Crippen LogP contribution in [0.3, 0.4) is 0 Å². The summed E-state index contributed by atoms with van der Waals surface area (Å²) in [6, 6.07) is 0.275. The summed E-state index contributed by atoms with van der Waals surface area (Å²) >= 11 is 0. The van der Waals surface area contributed by atoms with Crippen molar-refractivity contribution >= 4 is 0 Å². The molecule has 2 aliphatic rings. The molecule has 3 heterocycles. The molecule has 0 spiro atoms. The number of nitrogens with zero attached hydrogens (tertiary/aromatic N) is 4. The number of aryl methyl sites for hydroxylation is 1. The molecule has 17 heavy (non-hydrogen) atoms. The fourth-order valence-electron chi connectivity index (χ4n) is 2.92. The minimum absolute atomic E-state index is 0.275. The number of nitrogens with two attached hydrogens (primary N) is 1. The van der Waals surface area contributed by atoms with E-state index in [1.807, 2.05) is 0 Å². The molecule has 1 aromatic rings. The highest BCUT2D eigenvalue weighted by atomic mass is 15.4. The fourth-order valence-corrected chi connectivity index (χ4v) is 2.92. The smallest absolute Gasteiger partial charge is 0.151 e. The number of fused-ring (bicyclic) bond motifs is 1. The molecule has 0 bridgehead atoms. The van der Waals surface area contributed by atoms with Gasteiger partial charge in [-0.1, -0.05) is 0 Å². The maximum Gasteiger partial charge on any atom is 0.151 e. The molecule has 0 aromatic carbocycles. The van der Waals surface area contributed by atoms with E-state index in [0.29, 0.717) is 0 Å². The van der Waals surface area contributed by atoms with Gasteiger partial charge in [-0.25, -0.2) is 9.67 Å². The van der Waals surface area contributed by atoms with E-state index in [1.54, 1.807) is 0 Å². The predicted molar refractivity (Wildman–Crippen MR) is 65.6 cm³/mol. The normalized spacial score (nSPS) is 29.5. The van der Waals surface area contributed by atoms with Crippen LogP contribution in [0, 0.1) is 5.92 Å². The van der Waals surface area contributed by atoms with Crippen LogP contribution in [-0.2, 0) is 19.4 Å². The summed E-state index contributed by atoms with van der Waals surface area (Å²) in [5.41, 5.74) is 5.95. The maximum atomic E-state index is 5.95. The molecule has 2 atom stereocenters. The second kappa shape index (κ2) is 4.38. The third-order valence-corrected chi connectivity index (χ3v) is 3.91. The van der Waals surface area contributed by atoms with Crippen LogP contribution in [0.25, 0.3) is 0 Å². The van der Waals surface area contributed by atoms with Crippen LogP contribution in [-0.4, -0.2) is 45.8 Å². The molecular formula is C12H21N5. The Morgan fingerprint density at radius 3 is 3.00 bits per heavy atom. The van der Waals surface area contributed by atoms with Crippen LogP contribution >= 0.6 is 0 Å². The average molecular weight is 235 g/mol. The zero-order valence-electron chi connectivity index (χ0n) is 10.5. The zero-order chi connectivity index (χ0) is 11.8. The molecule has 0 radical (unpaired) electrons. The first-order valence-electron chi connectivity index (χ1n) is 6.57. The molecule has 1 fully saturated rings. The average Bonchev–Trinajstić information content (AvgIpc) is 2.84. The topological polar surface area (TPSA) is 60.0 Å². The molecular weight excluding hydrogens is 214 g/mol. The Balaban J connectivity index is 1.68. The van der Waals surface area contributed by atoms with Crippen molar-refractivity contribution in [1.82, 2.24) is 19.7 Å². The summed E-state index contributed by atoms with van der Waals surface area (Å²) in [6.07, 6.45) is 4.22. The number of hydrogen-bond acceptors (Lipinski definition) is 4. The maximum absolute atomic E-state index is 5.95. The Labute approximate surface area is 102 Å². The monoisotopic (exact) mass is 235 g/mol. The van der Waals surface area contributed by atoms with Gasteiger partial charge in [0, 0.05) is 32.0 Å².